The SMILES string of the molecule is Cc1ccc(C)c(SCC(=O)OCC(=O)N2C[C@H](C)O[C@@H](C)C2)c1. The molecule has 1 amide bonds. The molecule has 1 aliphatic heterocycles. The third kappa shape index (κ3) is 5.53. The molecule has 2 atom stereocenters. The fourth-order valence-electron chi connectivity index (χ4n) is 2.66. The van der Waals surface area contributed by atoms with Crippen LogP contribution in [0.15, 0.2) is 23.1 Å². The van der Waals surface area contributed by atoms with E-state index >= 15 is 0 Å². The van der Waals surface area contributed by atoms with Crippen LogP contribution in [-0.4, -0.2) is 54.4 Å². The first-order chi connectivity index (χ1) is 11.3. The van der Waals surface area contributed by atoms with Crippen molar-refractivity contribution in [3.63, 3.8) is 0 Å². The van der Waals surface area contributed by atoms with E-state index in [2.05, 4.69) is 6.07 Å². The maximum atomic E-state index is 12.2. The van der Waals surface area contributed by atoms with Gasteiger partial charge in [0.05, 0.1) is 18.0 Å². The highest BCUT2D eigenvalue weighted by Crippen LogP contribution is 2.23. The van der Waals surface area contributed by atoms with Gasteiger partial charge in [0.25, 0.3) is 5.91 Å². The lowest BCUT2D eigenvalue weighted by atomic mass is 10.2. The monoisotopic (exact) mass is 351 g/mol. The number of benzene rings is 1. The third-order valence-electron chi connectivity index (χ3n) is 3.82. The van der Waals surface area contributed by atoms with Crippen molar-refractivity contribution in [1.29, 1.82) is 0 Å². The summed E-state index contributed by atoms with van der Waals surface area (Å²) in [5, 5.41) is 0. The maximum Gasteiger partial charge on any atom is 0.316 e. The summed E-state index contributed by atoms with van der Waals surface area (Å²) in [4.78, 5) is 26.8. The number of ether oxygens (including phenoxy) is 2. The molecule has 24 heavy (non-hydrogen) atoms. The van der Waals surface area contributed by atoms with E-state index in [1.54, 1.807) is 4.90 Å². The standard InChI is InChI=1S/C18H25NO4S/c1-12-5-6-13(2)16(7-12)24-11-18(21)22-10-17(20)19-8-14(3)23-15(4)9-19/h5-7,14-15H,8-11H2,1-4H3/t14-,15-/m0/s1. The molecule has 2 rings (SSSR count). The van der Waals surface area contributed by atoms with Crippen molar-refractivity contribution in [2.45, 2.75) is 44.8 Å². The highest BCUT2D eigenvalue weighted by Gasteiger charge is 2.26. The lowest BCUT2D eigenvalue weighted by Crippen LogP contribution is -2.49. The van der Waals surface area contributed by atoms with Gasteiger partial charge in [-0.05, 0) is 39.3 Å². The van der Waals surface area contributed by atoms with Crippen LogP contribution in [0.1, 0.15) is 25.0 Å². The average Bonchev–Trinajstić information content (AvgIpc) is 2.52. The molecule has 5 nitrogen and oxygen atoms in total. The van der Waals surface area contributed by atoms with Crippen LogP contribution in [0.2, 0.25) is 0 Å². The number of aryl methyl sites for hydroxylation is 2. The molecule has 1 saturated heterocycles. The Morgan fingerprint density at radius 2 is 1.92 bits per heavy atom. The summed E-state index contributed by atoms with van der Waals surface area (Å²) in [5.41, 5.74) is 2.29. The molecule has 132 valence electrons. The molecule has 0 radical (unpaired) electrons. The zero-order valence-electron chi connectivity index (χ0n) is 14.7. The van der Waals surface area contributed by atoms with E-state index in [0.717, 1.165) is 16.0 Å². The molecule has 0 aliphatic carbocycles. The average molecular weight is 351 g/mol. The number of carbonyl (C=O) groups is 2. The molecule has 0 saturated carbocycles. The Balaban J connectivity index is 1.76. The largest absolute Gasteiger partial charge is 0.455 e. The number of amides is 1. The van der Waals surface area contributed by atoms with Crippen LogP contribution in [0.3, 0.4) is 0 Å². The number of hydrogen-bond donors (Lipinski definition) is 0. The van der Waals surface area contributed by atoms with Crippen molar-refractivity contribution in [2.24, 2.45) is 0 Å². The minimum atomic E-state index is -0.372. The number of carbonyl (C=O) groups excluding carboxylic acids is 2. The first-order valence-electron chi connectivity index (χ1n) is 8.14. The quantitative estimate of drug-likeness (QED) is 0.603. The van der Waals surface area contributed by atoms with Crippen LogP contribution < -0.4 is 0 Å². The summed E-state index contributed by atoms with van der Waals surface area (Å²) in [6.07, 6.45) is 0.0153. The fraction of sp³-hybridized carbons (Fsp3) is 0.556. The second-order valence-corrected chi connectivity index (χ2v) is 7.29. The van der Waals surface area contributed by atoms with E-state index in [-0.39, 0.29) is 36.4 Å². The molecule has 0 unspecified atom stereocenters. The van der Waals surface area contributed by atoms with Crippen LogP contribution in [0.4, 0.5) is 0 Å². The van der Waals surface area contributed by atoms with Gasteiger partial charge >= 0.3 is 5.97 Å². The number of rotatable bonds is 5. The maximum absolute atomic E-state index is 12.2. The zero-order valence-corrected chi connectivity index (χ0v) is 15.5. The summed E-state index contributed by atoms with van der Waals surface area (Å²) in [7, 11) is 0. The summed E-state index contributed by atoms with van der Waals surface area (Å²) in [6.45, 7) is 8.77. The predicted molar refractivity (Wildman–Crippen MR) is 94.2 cm³/mol. The highest BCUT2D eigenvalue weighted by atomic mass is 32.2. The first-order valence-corrected chi connectivity index (χ1v) is 9.12. The van der Waals surface area contributed by atoms with Crippen molar-refractivity contribution < 1.29 is 19.1 Å². The van der Waals surface area contributed by atoms with E-state index in [9.17, 15) is 9.59 Å². The number of hydrogen-bond acceptors (Lipinski definition) is 5. The molecule has 6 heteroatoms. The molecule has 1 heterocycles. The number of esters is 1. The third-order valence-corrected chi connectivity index (χ3v) is 4.95. The van der Waals surface area contributed by atoms with Crippen molar-refractivity contribution in [3.05, 3.63) is 29.3 Å². The molecular formula is C18H25NO4S. The van der Waals surface area contributed by atoms with Gasteiger partial charge in [0.2, 0.25) is 0 Å². The second-order valence-electron chi connectivity index (χ2n) is 6.27. The summed E-state index contributed by atoms with van der Waals surface area (Å²) < 4.78 is 10.7. The van der Waals surface area contributed by atoms with E-state index < -0.39 is 0 Å². The van der Waals surface area contributed by atoms with Crippen molar-refractivity contribution in [2.75, 3.05) is 25.4 Å². The Bertz CT molecular complexity index is 595. The topological polar surface area (TPSA) is 55.8 Å². The van der Waals surface area contributed by atoms with Gasteiger partial charge in [0, 0.05) is 18.0 Å². The van der Waals surface area contributed by atoms with E-state index in [1.807, 2.05) is 39.8 Å². The van der Waals surface area contributed by atoms with Gasteiger partial charge in [0.1, 0.15) is 0 Å². The zero-order chi connectivity index (χ0) is 17.7. The lowest BCUT2D eigenvalue weighted by molar-refractivity contribution is -0.155. The van der Waals surface area contributed by atoms with Gasteiger partial charge in [-0.15, -0.1) is 11.8 Å². The summed E-state index contributed by atoms with van der Waals surface area (Å²) in [5.74, 6) is -0.335. The minimum absolute atomic E-state index is 0.00764. The molecule has 0 N–H and O–H groups in total. The smallest absolute Gasteiger partial charge is 0.316 e. The molecule has 0 spiro atoms. The fourth-order valence-corrected chi connectivity index (χ4v) is 3.58. The van der Waals surface area contributed by atoms with Gasteiger partial charge in [-0.1, -0.05) is 17.7 Å². The van der Waals surface area contributed by atoms with Crippen LogP contribution in [-0.2, 0) is 19.1 Å². The normalized spacial score (nSPS) is 20.8. The van der Waals surface area contributed by atoms with Gasteiger partial charge in [0.15, 0.2) is 6.61 Å². The van der Waals surface area contributed by atoms with Crippen LogP contribution in [0.5, 0.6) is 0 Å². The van der Waals surface area contributed by atoms with E-state index in [4.69, 9.17) is 9.47 Å². The molecule has 1 fully saturated rings. The Morgan fingerprint density at radius 3 is 2.58 bits per heavy atom. The van der Waals surface area contributed by atoms with Gasteiger partial charge < -0.3 is 14.4 Å². The molecule has 1 aliphatic rings. The highest BCUT2D eigenvalue weighted by molar-refractivity contribution is 8.00. The van der Waals surface area contributed by atoms with Crippen LogP contribution in [0.25, 0.3) is 0 Å². The second kappa shape index (κ2) is 8.53. The van der Waals surface area contributed by atoms with Crippen molar-refractivity contribution in [1.82, 2.24) is 4.90 Å². The predicted octanol–water partition coefficient (Wildman–Crippen LogP) is 2.57. The molecule has 1 aromatic rings. The van der Waals surface area contributed by atoms with Crippen molar-refractivity contribution in [3.8, 4) is 0 Å². The number of nitrogens with zero attached hydrogens (tertiary/aromatic N) is 1. The first kappa shape index (κ1) is 18.8. The van der Waals surface area contributed by atoms with Gasteiger partial charge in [-0.3, -0.25) is 9.59 Å². The molecule has 0 bridgehead atoms. The Hall–Kier alpha value is -1.53. The number of thioether (sulfide) groups is 1. The Labute approximate surface area is 147 Å². The lowest BCUT2D eigenvalue weighted by Gasteiger charge is -2.35. The van der Waals surface area contributed by atoms with Gasteiger partial charge in [-0.25, -0.2) is 0 Å². The van der Waals surface area contributed by atoms with E-state index in [1.165, 1.54) is 11.8 Å². The van der Waals surface area contributed by atoms with Crippen LogP contribution in [0, 0.1) is 13.8 Å². The Kier molecular flexibility index (Phi) is 6.69. The minimum Gasteiger partial charge on any atom is -0.455 e. The van der Waals surface area contributed by atoms with E-state index in [0.29, 0.717) is 13.1 Å². The molecular weight excluding hydrogens is 326 g/mol. The number of morpholine rings is 1. The summed E-state index contributed by atoms with van der Waals surface area (Å²) >= 11 is 1.44. The van der Waals surface area contributed by atoms with Crippen molar-refractivity contribution >= 4 is 23.6 Å². The summed E-state index contributed by atoms with van der Waals surface area (Å²) in [6, 6.07) is 6.13. The van der Waals surface area contributed by atoms with Gasteiger partial charge in [-0.2, -0.15) is 0 Å². The van der Waals surface area contributed by atoms with Crippen LogP contribution >= 0.6 is 11.8 Å². The molecule has 0 aromatic heterocycles. The molecule has 1 aromatic carbocycles. The Morgan fingerprint density at radius 1 is 1.25 bits per heavy atom.